The van der Waals surface area contributed by atoms with E-state index in [1.54, 1.807) is 11.3 Å². The number of para-hydroxylation sites is 1. The van der Waals surface area contributed by atoms with Gasteiger partial charge in [0.1, 0.15) is 12.4 Å². The van der Waals surface area contributed by atoms with E-state index in [0.717, 1.165) is 31.1 Å². The van der Waals surface area contributed by atoms with Gasteiger partial charge in [-0.2, -0.15) is 0 Å². The number of ether oxygens (including phenoxy) is 1. The topological polar surface area (TPSA) is 37.4 Å². The highest BCUT2D eigenvalue weighted by Gasteiger charge is 2.04. The summed E-state index contributed by atoms with van der Waals surface area (Å²) in [6, 6.07) is 8.15. The van der Waals surface area contributed by atoms with Crippen molar-refractivity contribution in [1.29, 1.82) is 0 Å². The third kappa shape index (κ3) is 4.59. The second-order valence-corrected chi connectivity index (χ2v) is 5.42. The van der Waals surface area contributed by atoms with Gasteiger partial charge in [0.2, 0.25) is 0 Å². The molecule has 1 heterocycles. The van der Waals surface area contributed by atoms with Gasteiger partial charge in [-0.3, -0.25) is 4.90 Å². The number of nitrogens with zero attached hydrogens (tertiary/aromatic N) is 2. The van der Waals surface area contributed by atoms with Gasteiger partial charge in [-0.05, 0) is 20.2 Å². The number of thiazole rings is 1. The van der Waals surface area contributed by atoms with E-state index in [1.807, 2.05) is 30.8 Å². The van der Waals surface area contributed by atoms with Crippen molar-refractivity contribution in [2.45, 2.75) is 13.1 Å². The lowest BCUT2D eigenvalue weighted by Crippen LogP contribution is -2.24. The molecule has 0 atom stereocenters. The molecule has 5 heteroatoms. The zero-order valence-corrected chi connectivity index (χ0v) is 12.8. The Bertz CT molecular complexity index is 502. The minimum atomic E-state index is 0.682. The molecular formula is C15H21N3OS. The van der Waals surface area contributed by atoms with Gasteiger partial charge in [0, 0.05) is 30.6 Å². The maximum Gasteiger partial charge on any atom is 0.123 e. The van der Waals surface area contributed by atoms with E-state index in [4.69, 9.17) is 4.74 Å². The molecule has 4 nitrogen and oxygen atoms in total. The van der Waals surface area contributed by atoms with Crippen molar-refractivity contribution < 1.29 is 4.74 Å². The van der Waals surface area contributed by atoms with Crippen molar-refractivity contribution in [3.8, 4) is 5.75 Å². The lowest BCUT2D eigenvalue weighted by atomic mass is 10.2. The molecule has 0 aliphatic heterocycles. The first-order chi connectivity index (χ1) is 9.79. The van der Waals surface area contributed by atoms with Gasteiger partial charge in [0.05, 0.1) is 11.2 Å². The van der Waals surface area contributed by atoms with Gasteiger partial charge in [-0.1, -0.05) is 18.2 Å². The van der Waals surface area contributed by atoms with Crippen LogP contribution in [0.25, 0.3) is 0 Å². The predicted molar refractivity (Wildman–Crippen MR) is 83.1 cm³/mol. The molecule has 0 saturated heterocycles. The van der Waals surface area contributed by atoms with Crippen molar-refractivity contribution in [2.75, 3.05) is 27.2 Å². The summed E-state index contributed by atoms with van der Waals surface area (Å²) in [6.45, 7) is 3.25. The van der Waals surface area contributed by atoms with E-state index in [9.17, 15) is 0 Å². The first-order valence-corrected chi connectivity index (χ1v) is 7.65. The molecule has 0 radical (unpaired) electrons. The molecule has 2 aromatic rings. The van der Waals surface area contributed by atoms with E-state index in [1.165, 1.54) is 5.56 Å². The van der Waals surface area contributed by atoms with Crippen LogP contribution in [0.1, 0.15) is 11.3 Å². The molecule has 1 aromatic heterocycles. The van der Waals surface area contributed by atoms with E-state index in [2.05, 4.69) is 33.7 Å². The van der Waals surface area contributed by atoms with Crippen LogP contribution >= 0.6 is 11.3 Å². The molecule has 0 fully saturated rings. The summed E-state index contributed by atoms with van der Waals surface area (Å²) in [4.78, 5) is 6.51. The summed E-state index contributed by atoms with van der Waals surface area (Å²) in [5, 5.41) is 5.24. The van der Waals surface area contributed by atoms with Gasteiger partial charge >= 0.3 is 0 Å². The largest absolute Gasteiger partial charge is 0.492 e. The van der Waals surface area contributed by atoms with Gasteiger partial charge in [-0.15, -0.1) is 11.3 Å². The Morgan fingerprint density at radius 2 is 2.20 bits per heavy atom. The minimum Gasteiger partial charge on any atom is -0.492 e. The van der Waals surface area contributed by atoms with E-state index in [0.29, 0.717) is 6.61 Å². The lowest BCUT2D eigenvalue weighted by Gasteiger charge is -2.17. The molecule has 0 aliphatic carbocycles. The van der Waals surface area contributed by atoms with Crippen LogP contribution in [-0.2, 0) is 13.1 Å². The lowest BCUT2D eigenvalue weighted by molar-refractivity contribution is 0.230. The maximum absolute atomic E-state index is 5.88. The highest BCUT2D eigenvalue weighted by molar-refractivity contribution is 7.07. The Morgan fingerprint density at radius 3 is 2.95 bits per heavy atom. The van der Waals surface area contributed by atoms with E-state index in [-0.39, 0.29) is 0 Å². The smallest absolute Gasteiger partial charge is 0.123 e. The van der Waals surface area contributed by atoms with Crippen LogP contribution in [-0.4, -0.2) is 37.1 Å². The van der Waals surface area contributed by atoms with Crippen molar-refractivity contribution in [3.05, 3.63) is 46.4 Å². The summed E-state index contributed by atoms with van der Waals surface area (Å²) < 4.78 is 5.88. The summed E-state index contributed by atoms with van der Waals surface area (Å²) in [5.74, 6) is 0.962. The molecule has 2 rings (SSSR count). The Kier molecular flexibility index (Phi) is 5.98. The SMILES string of the molecule is CNCc1ccccc1OCCN(C)Cc1cscn1. The van der Waals surface area contributed by atoms with Crippen LogP contribution < -0.4 is 10.1 Å². The zero-order valence-electron chi connectivity index (χ0n) is 12.0. The van der Waals surface area contributed by atoms with Gasteiger partial charge < -0.3 is 10.1 Å². The van der Waals surface area contributed by atoms with Crippen molar-refractivity contribution in [2.24, 2.45) is 0 Å². The summed E-state index contributed by atoms with van der Waals surface area (Å²) in [5.41, 5.74) is 4.18. The monoisotopic (exact) mass is 291 g/mol. The molecule has 0 saturated carbocycles. The molecule has 20 heavy (non-hydrogen) atoms. The van der Waals surface area contributed by atoms with E-state index < -0.39 is 0 Å². The highest BCUT2D eigenvalue weighted by atomic mass is 32.1. The fourth-order valence-electron chi connectivity index (χ4n) is 1.96. The maximum atomic E-state index is 5.88. The normalized spacial score (nSPS) is 10.9. The van der Waals surface area contributed by atoms with Crippen LogP contribution in [0.15, 0.2) is 35.2 Å². The average Bonchev–Trinajstić information content (AvgIpc) is 2.94. The number of nitrogens with one attached hydrogen (secondary N) is 1. The van der Waals surface area contributed by atoms with Crippen LogP contribution in [0.5, 0.6) is 5.75 Å². The van der Waals surface area contributed by atoms with Crippen molar-refractivity contribution in [3.63, 3.8) is 0 Å². The molecule has 0 bridgehead atoms. The predicted octanol–water partition coefficient (Wildman–Crippen LogP) is 2.37. The molecule has 0 unspecified atom stereocenters. The summed E-state index contributed by atoms with van der Waals surface area (Å²) in [6.07, 6.45) is 0. The number of rotatable bonds is 8. The summed E-state index contributed by atoms with van der Waals surface area (Å²) >= 11 is 1.63. The third-order valence-corrected chi connectivity index (χ3v) is 3.62. The fourth-order valence-corrected chi connectivity index (χ4v) is 2.51. The molecular weight excluding hydrogens is 270 g/mol. The first kappa shape index (κ1) is 15.0. The van der Waals surface area contributed by atoms with Crippen molar-refractivity contribution >= 4 is 11.3 Å². The third-order valence-electron chi connectivity index (χ3n) is 2.99. The second-order valence-electron chi connectivity index (χ2n) is 4.70. The minimum absolute atomic E-state index is 0.682. The van der Waals surface area contributed by atoms with Gasteiger partial charge in [-0.25, -0.2) is 4.98 Å². The zero-order chi connectivity index (χ0) is 14.2. The Hall–Kier alpha value is -1.43. The van der Waals surface area contributed by atoms with Crippen LogP contribution in [0.3, 0.4) is 0 Å². The number of hydrogen-bond acceptors (Lipinski definition) is 5. The quantitative estimate of drug-likeness (QED) is 0.810. The molecule has 1 aromatic carbocycles. The number of likely N-dealkylation sites (N-methyl/N-ethyl adjacent to an activating group) is 1. The fraction of sp³-hybridized carbons (Fsp3) is 0.400. The number of benzene rings is 1. The summed E-state index contributed by atoms with van der Waals surface area (Å²) in [7, 11) is 4.03. The molecule has 0 amide bonds. The second kappa shape index (κ2) is 7.99. The van der Waals surface area contributed by atoms with Crippen LogP contribution in [0.4, 0.5) is 0 Å². The Morgan fingerprint density at radius 1 is 1.35 bits per heavy atom. The molecule has 1 N–H and O–H groups in total. The Balaban J connectivity index is 1.77. The number of aromatic nitrogens is 1. The Labute approximate surface area is 124 Å². The molecule has 108 valence electrons. The first-order valence-electron chi connectivity index (χ1n) is 6.70. The van der Waals surface area contributed by atoms with Gasteiger partial charge in [0.15, 0.2) is 0 Å². The standard InChI is InChI=1S/C15H21N3OS/c1-16-9-13-5-3-4-6-15(13)19-8-7-18(2)10-14-11-20-12-17-14/h3-6,11-12,16H,7-10H2,1-2H3. The van der Waals surface area contributed by atoms with Crippen LogP contribution in [0.2, 0.25) is 0 Å². The molecule has 0 aliphatic rings. The average molecular weight is 291 g/mol. The number of hydrogen-bond donors (Lipinski definition) is 1. The van der Waals surface area contributed by atoms with Crippen LogP contribution in [0, 0.1) is 0 Å². The highest BCUT2D eigenvalue weighted by Crippen LogP contribution is 2.17. The van der Waals surface area contributed by atoms with E-state index >= 15 is 0 Å². The van der Waals surface area contributed by atoms with Gasteiger partial charge in [0.25, 0.3) is 0 Å². The molecule has 0 spiro atoms. The van der Waals surface area contributed by atoms with Crippen molar-refractivity contribution in [1.82, 2.24) is 15.2 Å².